The molecule has 0 bridgehead atoms. The van der Waals surface area contributed by atoms with E-state index in [1.807, 2.05) is 77.1 Å². The summed E-state index contributed by atoms with van der Waals surface area (Å²) in [5, 5.41) is 0.140. The van der Waals surface area contributed by atoms with Gasteiger partial charge in [0.2, 0.25) is 0 Å². The van der Waals surface area contributed by atoms with E-state index in [9.17, 15) is 4.79 Å². The van der Waals surface area contributed by atoms with Gasteiger partial charge in [-0.3, -0.25) is 4.90 Å². The zero-order chi connectivity index (χ0) is 25.8. The number of carbonyl (C=O) groups excluding carboxylic acids is 1. The maximum atomic E-state index is 13.2. The molecule has 0 radical (unpaired) electrons. The summed E-state index contributed by atoms with van der Waals surface area (Å²) in [5.74, 6) is 0. The zero-order valence-electron chi connectivity index (χ0n) is 22.8. The van der Waals surface area contributed by atoms with E-state index in [1.54, 1.807) is 4.90 Å². The molecular formula is C27H45NO5Si. The normalized spacial score (nSPS) is 20.1. The Hall–Kier alpha value is -1.67. The summed E-state index contributed by atoms with van der Waals surface area (Å²) in [5.41, 5.74) is -0.333. The molecule has 1 aliphatic heterocycles. The minimum Gasteiger partial charge on any atom is -0.444 e. The van der Waals surface area contributed by atoms with Gasteiger partial charge in [0.1, 0.15) is 11.3 Å². The van der Waals surface area contributed by atoms with E-state index in [1.165, 1.54) is 0 Å². The fourth-order valence-corrected chi connectivity index (χ4v) is 4.41. The monoisotopic (exact) mass is 491 g/mol. The predicted octanol–water partition coefficient (Wildman–Crippen LogP) is 6.52. The van der Waals surface area contributed by atoms with Crippen molar-refractivity contribution in [3.63, 3.8) is 0 Å². The van der Waals surface area contributed by atoms with E-state index in [-0.39, 0.29) is 17.2 Å². The Bertz CT molecular complexity index is 824. The summed E-state index contributed by atoms with van der Waals surface area (Å²) in [6.07, 6.45) is 3.23. The topological polar surface area (TPSA) is 57.2 Å². The van der Waals surface area contributed by atoms with E-state index in [4.69, 9.17) is 18.6 Å². The van der Waals surface area contributed by atoms with Crippen LogP contribution in [0.3, 0.4) is 0 Å². The van der Waals surface area contributed by atoms with Crippen LogP contribution >= 0.6 is 0 Å². The summed E-state index contributed by atoms with van der Waals surface area (Å²) in [7, 11) is -1.86. The van der Waals surface area contributed by atoms with Gasteiger partial charge >= 0.3 is 6.09 Å². The van der Waals surface area contributed by atoms with Gasteiger partial charge in [-0.05, 0) is 58.3 Å². The van der Waals surface area contributed by atoms with Crippen molar-refractivity contribution in [3.05, 3.63) is 48.0 Å². The Morgan fingerprint density at radius 1 is 1.18 bits per heavy atom. The molecule has 0 aromatic heterocycles. The van der Waals surface area contributed by atoms with Crippen LogP contribution in [0.4, 0.5) is 4.79 Å². The van der Waals surface area contributed by atoms with Crippen molar-refractivity contribution < 1.29 is 23.4 Å². The highest BCUT2D eigenvalue weighted by Crippen LogP contribution is 2.36. The van der Waals surface area contributed by atoms with Crippen molar-refractivity contribution in [3.8, 4) is 0 Å². The average molecular weight is 492 g/mol. The molecule has 0 unspecified atom stereocenters. The standard InChI is InChI=1S/C27H45NO5Si/c1-25(2,3)33-24(29)28-22(20-31-27(28,7)8)23(30-19-21-15-12-11-13-16-21)17-14-18-32-34(9,10)26(4,5)6/h11-17,22-23H,18-20H2,1-10H3/b17-14-/t22-,23+/m0/s1. The van der Waals surface area contributed by atoms with Crippen LogP contribution in [0.25, 0.3) is 0 Å². The van der Waals surface area contributed by atoms with Gasteiger partial charge < -0.3 is 18.6 Å². The van der Waals surface area contributed by atoms with Gasteiger partial charge in [-0.1, -0.05) is 63.3 Å². The lowest BCUT2D eigenvalue weighted by molar-refractivity contribution is -0.0698. The second-order valence-corrected chi connectivity index (χ2v) is 16.7. The fourth-order valence-electron chi connectivity index (χ4n) is 3.47. The molecule has 1 aliphatic rings. The van der Waals surface area contributed by atoms with Gasteiger partial charge in [0, 0.05) is 0 Å². The van der Waals surface area contributed by atoms with Gasteiger partial charge in [-0.15, -0.1) is 0 Å². The summed E-state index contributed by atoms with van der Waals surface area (Å²) in [6.45, 7) is 21.8. The molecule has 0 spiro atoms. The third-order valence-corrected chi connectivity index (χ3v) is 10.9. The first-order valence-corrected chi connectivity index (χ1v) is 15.1. The molecule has 2 rings (SSSR count). The highest BCUT2D eigenvalue weighted by molar-refractivity contribution is 6.74. The van der Waals surface area contributed by atoms with E-state index >= 15 is 0 Å². The summed E-state index contributed by atoms with van der Waals surface area (Å²) < 4.78 is 24.4. The fraction of sp³-hybridized carbons (Fsp3) is 0.667. The highest BCUT2D eigenvalue weighted by atomic mass is 28.4. The van der Waals surface area contributed by atoms with Crippen LogP contribution in [0.15, 0.2) is 42.5 Å². The lowest BCUT2D eigenvalue weighted by atomic mass is 10.1. The third-order valence-electron chi connectivity index (χ3n) is 6.45. The number of hydrogen-bond donors (Lipinski definition) is 0. The minimum absolute atomic E-state index is 0.140. The largest absolute Gasteiger partial charge is 0.444 e. The Labute approximate surface area is 207 Å². The van der Waals surface area contributed by atoms with Crippen molar-refractivity contribution in [1.82, 2.24) is 4.90 Å². The number of ether oxygens (including phenoxy) is 3. The van der Waals surface area contributed by atoms with Gasteiger partial charge in [-0.25, -0.2) is 4.79 Å². The molecule has 1 aromatic carbocycles. The molecular weight excluding hydrogens is 446 g/mol. The van der Waals surface area contributed by atoms with Crippen LogP contribution in [-0.2, 0) is 25.2 Å². The van der Waals surface area contributed by atoms with Crippen LogP contribution in [0, 0.1) is 0 Å². The van der Waals surface area contributed by atoms with Crippen molar-refractivity contribution >= 4 is 14.4 Å². The molecule has 1 fully saturated rings. The molecule has 1 amide bonds. The van der Waals surface area contributed by atoms with E-state index in [0.29, 0.717) is 19.8 Å². The lowest BCUT2D eigenvalue weighted by Gasteiger charge is -2.37. The maximum Gasteiger partial charge on any atom is 0.413 e. The molecule has 0 saturated carbocycles. The van der Waals surface area contributed by atoms with E-state index < -0.39 is 25.7 Å². The molecule has 1 aromatic rings. The summed E-state index contributed by atoms with van der Waals surface area (Å²) in [4.78, 5) is 14.8. The Balaban J connectivity index is 2.23. The Morgan fingerprint density at radius 3 is 2.35 bits per heavy atom. The maximum absolute atomic E-state index is 13.2. The lowest BCUT2D eigenvalue weighted by Crippen LogP contribution is -2.53. The molecule has 1 saturated heterocycles. The Kier molecular flexibility index (Phi) is 9.19. The number of nitrogens with zero attached hydrogens (tertiary/aromatic N) is 1. The number of carbonyl (C=O) groups is 1. The van der Waals surface area contributed by atoms with Gasteiger partial charge in [0.05, 0.1) is 32.0 Å². The summed E-state index contributed by atoms with van der Waals surface area (Å²) in [6, 6.07) is 9.70. The highest BCUT2D eigenvalue weighted by Gasteiger charge is 2.48. The van der Waals surface area contributed by atoms with Crippen LogP contribution in [-0.4, -0.2) is 56.0 Å². The third kappa shape index (κ3) is 7.94. The molecule has 34 heavy (non-hydrogen) atoms. The van der Waals surface area contributed by atoms with Crippen LogP contribution in [0.1, 0.15) is 61.0 Å². The minimum atomic E-state index is -1.86. The molecule has 7 heteroatoms. The number of rotatable bonds is 8. The first-order chi connectivity index (χ1) is 15.5. The smallest absolute Gasteiger partial charge is 0.413 e. The first-order valence-electron chi connectivity index (χ1n) is 12.2. The number of benzene rings is 1. The number of hydrogen-bond acceptors (Lipinski definition) is 5. The quantitative estimate of drug-likeness (QED) is 0.306. The zero-order valence-corrected chi connectivity index (χ0v) is 23.8. The molecule has 1 heterocycles. The van der Waals surface area contributed by atoms with E-state index in [2.05, 4.69) is 33.9 Å². The number of amides is 1. The van der Waals surface area contributed by atoms with Crippen LogP contribution in [0.5, 0.6) is 0 Å². The molecule has 192 valence electrons. The SMILES string of the molecule is CC(C)(C)OC(=O)N1[C@H]([C@@H](/C=C\CO[Si](C)(C)C(C)(C)C)OCc2ccccc2)COC1(C)C. The second-order valence-electron chi connectivity index (χ2n) is 11.9. The second kappa shape index (κ2) is 10.9. The van der Waals surface area contributed by atoms with E-state index in [0.717, 1.165) is 5.56 Å². The Morgan fingerprint density at radius 2 is 1.79 bits per heavy atom. The van der Waals surface area contributed by atoms with Crippen LogP contribution < -0.4 is 0 Å². The predicted molar refractivity (Wildman–Crippen MR) is 139 cm³/mol. The van der Waals surface area contributed by atoms with Crippen LogP contribution in [0.2, 0.25) is 18.1 Å². The van der Waals surface area contributed by atoms with Crippen molar-refractivity contribution in [1.29, 1.82) is 0 Å². The average Bonchev–Trinajstić information content (AvgIpc) is 3.01. The molecule has 6 nitrogen and oxygen atoms in total. The van der Waals surface area contributed by atoms with Crippen molar-refractivity contribution in [2.45, 2.75) is 104 Å². The van der Waals surface area contributed by atoms with Gasteiger partial charge in [0.15, 0.2) is 8.32 Å². The first kappa shape index (κ1) is 28.6. The summed E-state index contributed by atoms with van der Waals surface area (Å²) >= 11 is 0. The molecule has 0 N–H and O–H groups in total. The van der Waals surface area contributed by atoms with Gasteiger partial charge in [-0.2, -0.15) is 0 Å². The van der Waals surface area contributed by atoms with Crippen molar-refractivity contribution in [2.24, 2.45) is 0 Å². The molecule has 0 aliphatic carbocycles. The van der Waals surface area contributed by atoms with Crippen molar-refractivity contribution in [2.75, 3.05) is 13.2 Å². The molecule has 2 atom stereocenters. The van der Waals surface area contributed by atoms with Gasteiger partial charge in [0.25, 0.3) is 0 Å².